The van der Waals surface area contributed by atoms with Crippen molar-refractivity contribution >= 4 is 58.4 Å². The highest BCUT2D eigenvalue weighted by Gasteiger charge is 2.12. The SMILES string of the molecule is C(=C\c1cccc(/C=C/c2ccc(N(c3ccccc3)c3ccccc3)cc2)c1)/c1ccc(N(c2ccccc2)c2ccccc2)cc1. The second-order valence-corrected chi connectivity index (χ2v) is 11.5. The van der Waals surface area contributed by atoms with Crippen LogP contribution in [0.25, 0.3) is 24.3 Å². The molecule has 2 nitrogen and oxygen atoms in total. The molecular weight excluding hydrogens is 581 g/mol. The van der Waals surface area contributed by atoms with Crippen LogP contribution in [0.4, 0.5) is 34.1 Å². The van der Waals surface area contributed by atoms with Gasteiger partial charge in [-0.05, 0) is 101 Å². The van der Waals surface area contributed by atoms with Gasteiger partial charge in [0.1, 0.15) is 0 Å². The molecule has 0 spiro atoms. The molecule has 7 aromatic rings. The fourth-order valence-electron chi connectivity index (χ4n) is 5.82. The van der Waals surface area contributed by atoms with Gasteiger partial charge in [0, 0.05) is 34.1 Å². The summed E-state index contributed by atoms with van der Waals surface area (Å²) >= 11 is 0. The lowest BCUT2D eigenvalue weighted by molar-refractivity contribution is 1.28. The first-order valence-electron chi connectivity index (χ1n) is 16.3. The van der Waals surface area contributed by atoms with Gasteiger partial charge >= 0.3 is 0 Å². The van der Waals surface area contributed by atoms with Gasteiger partial charge in [-0.25, -0.2) is 0 Å². The zero-order chi connectivity index (χ0) is 32.4. The normalized spacial score (nSPS) is 11.2. The number of para-hydroxylation sites is 4. The van der Waals surface area contributed by atoms with E-state index < -0.39 is 0 Å². The van der Waals surface area contributed by atoms with Crippen LogP contribution in [0.1, 0.15) is 22.3 Å². The van der Waals surface area contributed by atoms with Gasteiger partial charge in [-0.3, -0.25) is 0 Å². The summed E-state index contributed by atoms with van der Waals surface area (Å²) in [6, 6.07) is 68.0. The number of rotatable bonds is 10. The Kier molecular flexibility index (Phi) is 9.34. The van der Waals surface area contributed by atoms with Crippen molar-refractivity contribution in [3.05, 3.63) is 216 Å². The number of anilines is 6. The van der Waals surface area contributed by atoms with Crippen molar-refractivity contribution in [3.8, 4) is 0 Å². The van der Waals surface area contributed by atoms with E-state index in [1.54, 1.807) is 0 Å². The molecular formula is C46H36N2. The maximum Gasteiger partial charge on any atom is 0.0462 e. The van der Waals surface area contributed by atoms with E-state index in [0.29, 0.717) is 0 Å². The summed E-state index contributed by atoms with van der Waals surface area (Å²) < 4.78 is 0. The van der Waals surface area contributed by atoms with Gasteiger partial charge in [0.05, 0.1) is 0 Å². The number of benzene rings is 7. The number of nitrogens with zero attached hydrogens (tertiary/aromatic N) is 2. The molecule has 0 bridgehead atoms. The number of hydrogen-bond donors (Lipinski definition) is 0. The third-order valence-electron chi connectivity index (χ3n) is 8.21. The van der Waals surface area contributed by atoms with E-state index >= 15 is 0 Å². The average Bonchev–Trinajstić information content (AvgIpc) is 3.16. The zero-order valence-electron chi connectivity index (χ0n) is 26.7. The van der Waals surface area contributed by atoms with Gasteiger partial charge in [0.2, 0.25) is 0 Å². The lowest BCUT2D eigenvalue weighted by atomic mass is 10.1. The molecule has 0 aliphatic carbocycles. The maximum atomic E-state index is 2.28. The van der Waals surface area contributed by atoms with Crippen LogP contribution < -0.4 is 9.80 Å². The zero-order valence-corrected chi connectivity index (χ0v) is 26.7. The van der Waals surface area contributed by atoms with Gasteiger partial charge in [0.25, 0.3) is 0 Å². The molecule has 0 aromatic heterocycles. The Hall–Kier alpha value is -6.38. The predicted octanol–water partition coefficient (Wildman–Crippen LogP) is 13.0. The average molecular weight is 617 g/mol. The molecule has 0 N–H and O–H groups in total. The van der Waals surface area contributed by atoms with Gasteiger partial charge < -0.3 is 9.80 Å². The predicted molar refractivity (Wildman–Crippen MR) is 207 cm³/mol. The molecule has 0 heterocycles. The van der Waals surface area contributed by atoms with Crippen LogP contribution in [0, 0.1) is 0 Å². The molecule has 0 saturated carbocycles. The highest BCUT2D eigenvalue weighted by molar-refractivity contribution is 5.80. The molecule has 0 aliphatic rings. The molecule has 230 valence electrons. The van der Waals surface area contributed by atoms with Gasteiger partial charge in [-0.15, -0.1) is 0 Å². The van der Waals surface area contributed by atoms with Gasteiger partial charge in [0.15, 0.2) is 0 Å². The Morgan fingerprint density at radius 1 is 0.229 bits per heavy atom. The smallest absolute Gasteiger partial charge is 0.0462 e. The Morgan fingerprint density at radius 2 is 0.500 bits per heavy atom. The Labute approximate surface area is 283 Å². The molecule has 0 amide bonds. The summed E-state index contributed by atoms with van der Waals surface area (Å²) in [6.45, 7) is 0. The monoisotopic (exact) mass is 616 g/mol. The Morgan fingerprint density at radius 3 is 0.812 bits per heavy atom. The van der Waals surface area contributed by atoms with Crippen LogP contribution in [0.2, 0.25) is 0 Å². The van der Waals surface area contributed by atoms with Crippen LogP contribution in [0.3, 0.4) is 0 Å². The maximum absolute atomic E-state index is 2.28. The van der Waals surface area contributed by atoms with E-state index in [1.165, 1.54) is 0 Å². The molecule has 0 unspecified atom stereocenters. The molecule has 0 fully saturated rings. The molecule has 0 radical (unpaired) electrons. The van der Waals surface area contributed by atoms with Gasteiger partial charge in [-0.2, -0.15) is 0 Å². The van der Waals surface area contributed by atoms with Crippen molar-refractivity contribution in [2.45, 2.75) is 0 Å². The molecule has 0 saturated heterocycles. The summed E-state index contributed by atoms with van der Waals surface area (Å²) in [5.74, 6) is 0. The van der Waals surface area contributed by atoms with Gasteiger partial charge in [-0.1, -0.05) is 140 Å². The van der Waals surface area contributed by atoms with Crippen LogP contribution in [-0.4, -0.2) is 0 Å². The van der Waals surface area contributed by atoms with Crippen molar-refractivity contribution in [2.75, 3.05) is 9.80 Å². The lowest BCUT2D eigenvalue weighted by Gasteiger charge is -2.25. The minimum atomic E-state index is 1.12. The molecule has 2 heteroatoms. The summed E-state index contributed by atoms with van der Waals surface area (Å²) in [7, 11) is 0. The topological polar surface area (TPSA) is 6.48 Å². The lowest BCUT2D eigenvalue weighted by Crippen LogP contribution is -2.09. The highest BCUT2D eigenvalue weighted by Crippen LogP contribution is 2.35. The molecule has 48 heavy (non-hydrogen) atoms. The van der Waals surface area contributed by atoms with Crippen LogP contribution in [0.5, 0.6) is 0 Å². The van der Waals surface area contributed by atoms with E-state index in [9.17, 15) is 0 Å². The van der Waals surface area contributed by atoms with Crippen LogP contribution >= 0.6 is 0 Å². The molecule has 7 aromatic carbocycles. The van der Waals surface area contributed by atoms with Crippen molar-refractivity contribution in [3.63, 3.8) is 0 Å². The van der Waals surface area contributed by atoms with Crippen molar-refractivity contribution in [1.29, 1.82) is 0 Å². The van der Waals surface area contributed by atoms with Crippen molar-refractivity contribution < 1.29 is 0 Å². The van der Waals surface area contributed by atoms with E-state index in [2.05, 4.69) is 228 Å². The second-order valence-electron chi connectivity index (χ2n) is 11.5. The summed E-state index contributed by atoms with van der Waals surface area (Å²) in [5.41, 5.74) is 11.4. The minimum Gasteiger partial charge on any atom is -0.311 e. The van der Waals surface area contributed by atoms with Crippen LogP contribution in [0.15, 0.2) is 194 Å². The summed E-state index contributed by atoms with van der Waals surface area (Å²) in [5, 5.41) is 0. The summed E-state index contributed by atoms with van der Waals surface area (Å²) in [6.07, 6.45) is 8.70. The highest BCUT2D eigenvalue weighted by atomic mass is 15.1. The Bertz CT molecular complexity index is 1850. The van der Waals surface area contributed by atoms with E-state index in [0.717, 1.165) is 56.4 Å². The minimum absolute atomic E-state index is 1.12. The fraction of sp³-hybridized carbons (Fsp3) is 0. The van der Waals surface area contributed by atoms with Crippen molar-refractivity contribution in [1.82, 2.24) is 0 Å². The first-order valence-corrected chi connectivity index (χ1v) is 16.3. The third-order valence-corrected chi connectivity index (χ3v) is 8.21. The van der Waals surface area contributed by atoms with Crippen LogP contribution in [-0.2, 0) is 0 Å². The largest absolute Gasteiger partial charge is 0.311 e. The van der Waals surface area contributed by atoms with E-state index in [1.807, 2.05) is 0 Å². The Balaban J connectivity index is 1.05. The van der Waals surface area contributed by atoms with Crippen molar-refractivity contribution in [2.24, 2.45) is 0 Å². The molecule has 7 rings (SSSR count). The van der Waals surface area contributed by atoms with E-state index in [4.69, 9.17) is 0 Å². The number of hydrogen-bond acceptors (Lipinski definition) is 2. The summed E-state index contributed by atoms with van der Waals surface area (Å²) in [4.78, 5) is 4.55. The molecule has 0 aliphatic heterocycles. The fourth-order valence-corrected chi connectivity index (χ4v) is 5.82. The standard InChI is InChI=1S/C46H36N2/c1-5-16-41(17-6-1)47(42-18-7-2-8-19-42)45-32-28-37(29-33-45)24-26-39-14-13-15-40(36-39)27-25-38-30-34-46(35-31-38)48(43-20-9-3-10-21-43)44-22-11-4-12-23-44/h1-36H/b26-24+,27-25+. The first-order chi connectivity index (χ1) is 23.8. The third kappa shape index (κ3) is 7.36. The first kappa shape index (κ1) is 30.3. The quantitative estimate of drug-likeness (QED) is 0.141. The molecule has 0 atom stereocenters. The second kappa shape index (κ2) is 14.8. The van der Waals surface area contributed by atoms with E-state index in [-0.39, 0.29) is 0 Å².